The normalized spacial score (nSPS) is 15.6. The number of nitrogens with one attached hydrogen (secondary N) is 8. The Hall–Kier alpha value is -9.47. The number of carbonyl (C=O) groups excluding carboxylic acids is 7. The maximum absolute atomic E-state index is 17.2. The number of carboxylic acids is 9. The quantitative estimate of drug-likeness (QED) is 0.0197. The minimum absolute atomic E-state index is 0.000572. The summed E-state index contributed by atoms with van der Waals surface area (Å²) < 4.78 is 17.2. The fraction of sp³-hybridized carbons (Fsp3) is 0.651. The van der Waals surface area contributed by atoms with E-state index >= 15 is 4.11 Å². The van der Waals surface area contributed by atoms with Crippen molar-refractivity contribution in [1.82, 2.24) is 62.1 Å². The van der Waals surface area contributed by atoms with E-state index in [-0.39, 0.29) is 122 Å². The van der Waals surface area contributed by atoms with Gasteiger partial charge in [-0.3, -0.25) is 72.3 Å². The molecule has 39 heteroatoms. The second-order valence-corrected chi connectivity index (χ2v) is 31.5. The third-order valence-corrected chi connectivity index (χ3v) is 21.9. The molecule has 6 atom stereocenters. The van der Waals surface area contributed by atoms with Gasteiger partial charge in [-0.15, -0.1) is 0 Å². The molecular formula is C63H99FN12O25Si. The zero-order chi connectivity index (χ0) is 77.2. The van der Waals surface area contributed by atoms with Gasteiger partial charge in [0.25, 0.3) is 14.3 Å². The van der Waals surface area contributed by atoms with Crippen molar-refractivity contribution in [2.45, 2.75) is 171 Å². The summed E-state index contributed by atoms with van der Waals surface area (Å²) in [5.41, 5.74) is -0.0342. The Morgan fingerprint density at radius 2 is 0.804 bits per heavy atom. The highest BCUT2D eigenvalue weighted by Gasteiger charge is 2.56. The molecule has 572 valence electrons. The molecule has 1 heterocycles. The van der Waals surface area contributed by atoms with Crippen molar-refractivity contribution in [3.05, 3.63) is 29.8 Å². The molecule has 0 unspecified atom stereocenters. The number of hydrogen-bond acceptors (Lipinski definition) is 20. The molecule has 1 aromatic carbocycles. The fourth-order valence-electron chi connectivity index (χ4n) is 11.3. The van der Waals surface area contributed by atoms with Gasteiger partial charge in [0.15, 0.2) is 0 Å². The summed E-state index contributed by atoms with van der Waals surface area (Å²) in [6.45, 7) is 8.55. The lowest BCUT2D eigenvalue weighted by Gasteiger charge is -2.44. The highest BCUT2D eigenvalue weighted by Crippen LogP contribution is 2.51. The Balaban J connectivity index is 2.13. The zero-order valence-electron chi connectivity index (χ0n) is 58.1. The third kappa shape index (κ3) is 32.9. The van der Waals surface area contributed by atoms with E-state index in [4.69, 9.17) is 5.11 Å². The summed E-state index contributed by atoms with van der Waals surface area (Å²) in [6.07, 6.45) is -4.07. The van der Waals surface area contributed by atoms with Crippen LogP contribution >= 0.6 is 0 Å². The monoisotopic (exact) mass is 1470 g/mol. The molecular weight excluding hydrogens is 1370 g/mol. The fourth-order valence-corrected chi connectivity index (χ4v) is 16.0. The number of amides is 8. The molecule has 0 spiro atoms. The lowest BCUT2D eigenvalue weighted by Crippen LogP contribution is -2.58. The van der Waals surface area contributed by atoms with E-state index in [1.54, 1.807) is 41.5 Å². The van der Waals surface area contributed by atoms with E-state index in [9.17, 15) is 118 Å². The number of benzene rings is 1. The molecule has 1 aliphatic rings. The van der Waals surface area contributed by atoms with Crippen molar-refractivity contribution >= 4 is 109 Å². The van der Waals surface area contributed by atoms with Gasteiger partial charge < -0.3 is 92.6 Å². The minimum atomic E-state index is -3.81. The Morgan fingerprint density at radius 3 is 1.23 bits per heavy atom. The molecule has 1 aromatic rings. The van der Waals surface area contributed by atoms with E-state index in [0.717, 1.165) is 0 Å². The molecule has 17 N–H and O–H groups in total. The number of halogens is 1. The molecule has 0 saturated carbocycles. The highest BCUT2D eigenvalue weighted by atomic mass is 28.4. The molecule has 1 saturated heterocycles. The molecule has 2 rings (SSSR count). The van der Waals surface area contributed by atoms with Crippen LogP contribution in [0.4, 0.5) is 8.90 Å². The van der Waals surface area contributed by atoms with Gasteiger partial charge in [-0.2, -0.15) is 0 Å². The van der Waals surface area contributed by atoms with Crippen LogP contribution in [0.5, 0.6) is 0 Å². The molecule has 0 aliphatic carbocycles. The first kappa shape index (κ1) is 88.6. The van der Waals surface area contributed by atoms with E-state index in [1.165, 1.54) is 43.9 Å². The maximum Gasteiger partial charge on any atom is 0.326 e. The predicted octanol–water partition coefficient (Wildman–Crippen LogP) is -1.72. The van der Waals surface area contributed by atoms with Crippen molar-refractivity contribution in [1.29, 1.82) is 0 Å². The van der Waals surface area contributed by atoms with Gasteiger partial charge >= 0.3 is 59.8 Å². The van der Waals surface area contributed by atoms with Gasteiger partial charge in [0, 0.05) is 110 Å². The van der Waals surface area contributed by atoms with Gasteiger partial charge in [-0.1, -0.05) is 53.7 Å². The lowest BCUT2D eigenvalue weighted by atomic mass is 10.1. The average molecular weight is 1470 g/mol. The zero-order valence-corrected chi connectivity index (χ0v) is 59.1. The summed E-state index contributed by atoms with van der Waals surface area (Å²) in [6, 6.07) is -5.23. The summed E-state index contributed by atoms with van der Waals surface area (Å²) in [7, 11) is -3.81. The molecule has 8 amide bonds. The topological polar surface area (TPSA) is 564 Å². The first-order chi connectivity index (χ1) is 47.5. The lowest BCUT2D eigenvalue weighted by molar-refractivity contribution is -0.145. The number of unbranched alkanes of at least 4 members (excludes halogenated alkanes) is 1. The van der Waals surface area contributed by atoms with Crippen molar-refractivity contribution < 1.29 is 127 Å². The van der Waals surface area contributed by atoms with E-state index in [2.05, 4.69) is 31.9 Å². The van der Waals surface area contributed by atoms with Crippen LogP contribution in [0.25, 0.3) is 0 Å². The number of carbonyl (C=O) groups is 16. The van der Waals surface area contributed by atoms with Crippen molar-refractivity contribution in [2.75, 3.05) is 91.6 Å². The molecule has 37 nitrogen and oxygen atoms in total. The van der Waals surface area contributed by atoms with Crippen LogP contribution in [-0.2, 0) is 67.1 Å². The van der Waals surface area contributed by atoms with E-state index in [0.29, 0.717) is 5.19 Å². The van der Waals surface area contributed by atoms with Gasteiger partial charge in [0.1, 0.15) is 36.3 Å². The number of carboxylic acid groups (broad SMARTS) is 9. The maximum atomic E-state index is 17.2. The Bertz CT molecular complexity index is 3050. The summed E-state index contributed by atoms with van der Waals surface area (Å²) in [4.78, 5) is 204. The van der Waals surface area contributed by atoms with Crippen LogP contribution in [0, 0.1) is 0 Å². The van der Waals surface area contributed by atoms with Crippen LogP contribution in [0.15, 0.2) is 24.3 Å². The van der Waals surface area contributed by atoms with Crippen LogP contribution in [-0.4, -0.2) is 297 Å². The summed E-state index contributed by atoms with van der Waals surface area (Å²) in [5.74, 6) is -17.4. The largest absolute Gasteiger partial charge is 0.481 e. The molecule has 0 aromatic heterocycles. The Labute approximate surface area is 588 Å². The standard InChI is InChI=1S/C63H99FN12O25Si/c1-62(2,3)102(64,63(4,5)6)39-14-12-38(13-15-39)54(89)70-44(34-67-48(79)20-18-45(60(99)100)76-32-30-74(36-52(85)86)28-26-73(35-51(83)84)27-29-75(31-33-76)37-53(87)88)55(90)69-41(57(93)94)10-7-8-24-65-46(77)21-22-47(78)66-25-9-11-40(56(91)92)68-49(80)19-16-42(58(95)96)71-61(101)72-43(59(97)98)17-23-50(81)82/h12-15,40-45H,7-11,16-37H2,1-6H3,(H,65,77)(H,66,78)(H,67,79)(H,68,80)(H,69,90)(H,70,89)(H,81,82)(H,83,84)(H,85,86)(H,87,88)(H,91,92)(H,93,94)(H,95,96)(H,97,98)(H,99,100)(H2,71,72,101)/t40-,41+,42+,43+,44-,45-/m1/s1. The average Bonchev–Trinajstić information content (AvgIpc) is 0.748. The molecule has 0 radical (unpaired) electrons. The number of urea groups is 1. The van der Waals surface area contributed by atoms with Gasteiger partial charge in [-0.05, 0) is 78.8 Å². The number of rotatable bonds is 43. The van der Waals surface area contributed by atoms with Crippen LogP contribution in [0.1, 0.15) is 135 Å². The smallest absolute Gasteiger partial charge is 0.326 e. The Kier molecular flexibility index (Phi) is 37.7. The number of nitrogens with zero attached hydrogens (tertiary/aromatic N) is 4. The van der Waals surface area contributed by atoms with E-state index in [1.807, 2.05) is 10.6 Å². The molecule has 1 fully saturated rings. The summed E-state index contributed by atoms with van der Waals surface area (Å²) >= 11 is 0. The second kappa shape index (κ2) is 43.4. The van der Waals surface area contributed by atoms with Crippen molar-refractivity contribution in [3.8, 4) is 0 Å². The molecule has 0 bridgehead atoms. The summed E-state index contributed by atoms with van der Waals surface area (Å²) in [5, 5.41) is 104. The van der Waals surface area contributed by atoms with Crippen molar-refractivity contribution in [2.24, 2.45) is 0 Å². The van der Waals surface area contributed by atoms with Crippen LogP contribution in [0.2, 0.25) is 10.1 Å². The molecule has 102 heavy (non-hydrogen) atoms. The number of aliphatic carboxylic acids is 9. The second-order valence-electron chi connectivity index (χ2n) is 26.6. The Morgan fingerprint density at radius 1 is 0.412 bits per heavy atom. The van der Waals surface area contributed by atoms with Crippen LogP contribution < -0.4 is 47.7 Å². The van der Waals surface area contributed by atoms with Gasteiger partial charge in [0.05, 0.1) is 19.6 Å². The van der Waals surface area contributed by atoms with E-state index < -0.39 is 208 Å². The first-order valence-corrected chi connectivity index (χ1v) is 34.9. The number of hydrogen-bond donors (Lipinski definition) is 17. The van der Waals surface area contributed by atoms with Crippen molar-refractivity contribution in [3.63, 3.8) is 0 Å². The SMILES string of the molecule is CC(C)(C)[Si](F)(c1ccc(C(=O)N[C@H](CNC(=O)CC[C@H](C(=O)O)N2CCN(CC(=O)O)CCN(CC(=O)O)CCN(CC(=O)O)CC2)C(=O)N[C@@H](CCCCNC(=O)CCC(=O)NCCC[C@@H](NC(=O)CC[C@H](NC(=O)N[C@@H](CCC(=O)O)C(=O)O)C(=O)O)C(=O)O)C(=O)O)cc1)C(C)(C)C. The highest BCUT2D eigenvalue weighted by molar-refractivity contribution is 6.90. The minimum Gasteiger partial charge on any atom is -0.481 e. The molecule has 1 aliphatic heterocycles. The predicted molar refractivity (Wildman–Crippen MR) is 359 cm³/mol. The van der Waals surface area contributed by atoms with Crippen LogP contribution in [0.3, 0.4) is 0 Å². The third-order valence-electron chi connectivity index (χ3n) is 16.6. The van der Waals surface area contributed by atoms with Gasteiger partial charge in [-0.25, -0.2) is 24.0 Å². The van der Waals surface area contributed by atoms with Gasteiger partial charge in [0.2, 0.25) is 29.5 Å². The first-order valence-electron chi connectivity index (χ1n) is 33.0.